The minimum Gasteiger partial charge on any atom is -0.465 e. The van der Waals surface area contributed by atoms with Gasteiger partial charge in [-0.1, -0.05) is 66.2 Å². The highest BCUT2D eigenvalue weighted by Crippen LogP contribution is 2.23. The second-order valence-corrected chi connectivity index (χ2v) is 6.11. The van der Waals surface area contributed by atoms with E-state index in [-0.39, 0.29) is 6.10 Å². The summed E-state index contributed by atoms with van der Waals surface area (Å²) in [4.78, 5) is 10.7. The Morgan fingerprint density at radius 3 is 1.80 bits per heavy atom. The van der Waals surface area contributed by atoms with Crippen molar-refractivity contribution < 1.29 is 9.53 Å². The minimum atomic E-state index is 0.142. The van der Waals surface area contributed by atoms with E-state index in [9.17, 15) is 4.79 Å². The molecule has 2 atom stereocenters. The Kier molecular flexibility index (Phi) is 13.1. The largest absolute Gasteiger partial charge is 0.465 e. The second kappa shape index (κ2) is 13.5. The third-order valence-electron chi connectivity index (χ3n) is 4.74. The summed E-state index contributed by atoms with van der Waals surface area (Å²) >= 11 is 0. The molecule has 0 aliphatic carbocycles. The fraction of sp³-hybridized carbons (Fsp3) is 0.944. The first kappa shape index (κ1) is 19.5. The van der Waals surface area contributed by atoms with Crippen LogP contribution in [0.15, 0.2) is 0 Å². The standard InChI is InChI=1S/C18H36O2/c1-5-9-10-17(8-4)12-14-18(20-15-19)13-11-16(6-2)7-3/h15-18H,5-14H2,1-4H3/t17-,18-/m0/s1. The molecule has 0 saturated carbocycles. The molecule has 0 unspecified atom stereocenters. The van der Waals surface area contributed by atoms with Crippen molar-refractivity contribution in [1.29, 1.82) is 0 Å². The smallest absolute Gasteiger partial charge is 0.293 e. The summed E-state index contributed by atoms with van der Waals surface area (Å²) in [6.07, 6.45) is 12.3. The molecule has 0 fully saturated rings. The van der Waals surface area contributed by atoms with Crippen LogP contribution in [0.1, 0.15) is 91.9 Å². The van der Waals surface area contributed by atoms with E-state index in [0.29, 0.717) is 6.47 Å². The van der Waals surface area contributed by atoms with E-state index in [0.717, 1.165) is 24.7 Å². The lowest BCUT2D eigenvalue weighted by Gasteiger charge is -2.21. The molecule has 2 heteroatoms. The Hall–Kier alpha value is -0.530. The number of carbonyl (C=O) groups excluding carboxylic acids is 1. The molecule has 2 nitrogen and oxygen atoms in total. The fourth-order valence-electron chi connectivity index (χ4n) is 2.94. The maximum absolute atomic E-state index is 10.7. The summed E-state index contributed by atoms with van der Waals surface area (Å²) < 4.78 is 5.30. The maximum atomic E-state index is 10.7. The van der Waals surface area contributed by atoms with Gasteiger partial charge in [-0.3, -0.25) is 4.79 Å². The van der Waals surface area contributed by atoms with Gasteiger partial charge in [0.05, 0.1) is 0 Å². The number of ether oxygens (including phenoxy) is 1. The Morgan fingerprint density at radius 2 is 1.35 bits per heavy atom. The molecule has 0 saturated heterocycles. The van der Waals surface area contributed by atoms with Crippen LogP contribution in [-0.4, -0.2) is 12.6 Å². The Labute approximate surface area is 126 Å². The van der Waals surface area contributed by atoms with E-state index >= 15 is 0 Å². The van der Waals surface area contributed by atoms with Crippen LogP contribution in [0.2, 0.25) is 0 Å². The van der Waals surface area contributed by atoms with Crippen LogP contribution in [0, 0.1) is 11.8 Å². The van der Waals surface area contributed by atoms with Gasteiger partial charge >= 0.3 is 0 Å². The van der Waals surface area contributed by atoms with Crippen molar-refractivity contribution in [3.63, 3.8) is 0 Å². The summed E-state index contributed by atoms with van der Waals surface area (Å²) in [5, 5.41) is 0. The summed E-state index contributed by atoms with van der Waals surface area (Å²) in [6.45, 7) is 9.68. The molecule has 120 valence electrons. The van der Waals surface area contributed by atoms with Gasteiger partial charge in [0.1, 0.15) is 6.10 Å². The average Bonchev–Trinajstić information content (AvgIpc) is 2.48. The molecule has 0 aromatic heterocycles. The molecule has 0 N–H and O–H groups in total. The predicted octanol–water partition coefficient (Wildman–Crippen LogP) is 5.74. The van der Waals surface area contributed by atoms with Gasteiger partial charge in [-0.25, -0.2) is 0 Å². The van der Waals surface area contributed by atoms with Gasteiger partial charge in [0.25, 0.3) is 6.47 Å². The van der Waals surface area contributed by atoms with E-state index in [2.05, 4.69) is 27.7 Å². The van der Waals surface area contributed by atoms with Crippen LogP contribution < -0.4 is 0 Å². The van der Waals surface area contributed by atoms with E-state index in [1.165, 1.54) is 51.4 Å². The molecule has 0 bridgehead atoms. The second-order valence-electron chi connectivity index (χ2n) is 6.11. The van der Waals surface area contributed by atoms with Gasteiger partial charge in [-0.15, -0.1) is 0 Å². The van der Waals surface area contributed by atoms with Gasteiger partial charge in [-0.05, 0) is 37.5 Å². The molecular weight excluding hydrogens is 248 g/mol. The van der Waals surface area contributed by atoms with Crippen LogP contribution in [0.3, 0.4) is 0 Å². The molecule has 0 heterocycles. The Bertz CT molecular complexity index is 211. The molecule has 0 radical (unpaired) electrons. The normalized spacial score (nSPS) is 14.2. The number of carbonyl (C=O) groups is 1. The first-order valence-corrected chi connectivity index (χ1v) is 8.80. The fourth-order valence-corrected chi connectivity index (χ4v) is 2.94. The van der Waals surface area contributed by atoms with Crippen LogP contribution in [0.25, 0.3) is 0 Å². The first-order chi connectivity index (χ1) is 9.71. The van der Waals surface area contributed by atoms with Crippen molar-refractivity contribution in [2.75, 3.05) is 0 Å². The summed E-state index contributed by atoms with van der Waals surface area (Å²) in [5.74, 6) is 1.59. The number of rotatable bonds is 14. The topological polar surface area (TPSA) is 26.3 Å². The highest BCUT2D eigenvalue weighted by molar-refractivity contribution is 5.37. The quantitative estimate of drug-likeness (QED) is 0.380. The van der Waals surface area contributed by atoms with Crippen LogP contribution >= 0.6 is 0 Å². The predicted molar refractivity (Wildman–Crippen MR) is 86.8 cm³/mol. The van der Waals surface area contributed by atoms with Crippen molar-refractivity contribution in [2.24, 2.45) is 11.8 Å². The summed E-state index contributed by atoms with van der Waals surface area (Å²) in [6, 6.07) is 0. The monoisotopic (exact) mass is 284 g/mol. The van der Waals surface area contributed by atoms with E-state index in [4.69, 9.17) is 4.74 Å². The minimum absolute atomic E-state index is 0.142. The number of hydrogen-bond acceptors (Lipinski definition) is 2. The van der Waals surface area contributed by atoms with Crippen LogP contribution in [-0.2, 0) is 9.53 Å². The van der Waals surface area contributed by atoms with Gasteiger partial charge in [0.2, 0.25) is 0 Å². The molecule has 0 rings (SSSR count). The van der Waals surface area contributed by atoms with Crippen molar-refractivity contribution in [3.05, 3.63) is 0 Å². The summed E-state index contributed by atoms with van der Waals surface area (Å²) in [7, 11) is 0. The van der Waals surface area contributed by atoms with E-state index in [1.54, 1.807) is 0 Å². The highest BCUT2D eigenvalue weighted by Gasteiger charge is 2.15. The van der Waals surface area contributed by atoms with Gasteiger partial charge < -0.3 is 4.74 Å². The van der Waals surface area contributed by atoms with Gasteiger partial charge in [0.15, 0.2) is 0 Å². The molecule has 0 amide bonds. The zero-order chi connectivity index (χ0) is 15.2. The highest BCUT2D eigenvalue weighted by atomic mass is 16.5. The molecule has 0 aromatic rings. The van der Waals surface area contributed by atoms with E-state index < -0.39 is 0 Å². The Morgan fingerprint density at radius 1 is 0.800 bits per heavy atom. The van der Waals surface area contributed by atoms with Crippen molar-refractivity contribution in [3.8, 4) is 0 Å². The van der Waals surface area contributed by atoms with Gasteiger partial charge in [-0.2, -0.15) is 0 Å². The maximum Gasteiger partial charge on any atom is 0.293 e. The van der Waals surface area contributed by atoms with E-state index in [1.807, 2.05) is 0 Å². The summed E-state index contributed by atoms with van der Waals surface area (Å²) in [5.41, 5.74) is 0. The molecule has 0 aromatic carbocycles. The first-order valence-electron chi connectivity index (χ1n) is 8.80. The molecule has 0 aliphatic rings. The average molecular weight is 284 g/mol. The lowest BCUT2D eigenvalue weighted by molar-refractivity contribution is -0.134. The third kappa shape index (κ3) is 9.39. The lowest BCUT2D eigenvalue weighted by Crippen LogP contribution is -2.16. The third-order valence-corrected chi connectivity index (χ3v) is 4.74. The molecular formula is C18H36O2. The molecule has 0 spiro atoms. The zero-order valence-electron chi connectivity index (χ0n) is 14.2. The molecule has 20 heavy (non-hydrogen) atoms. The molecule has 0 aliphatic heterocycles. The van der Waals surface area contributed by atoms with Crippen LogP contribution in [0.4, 0.5) is 0 Å². The van der Waals surface area contributed by atoms with Crippen molar-refractivity contribution >= 4 is 6.47 Å². The zero-order valence-corrected chi connectivity index (χ0v) is 14.2. The number of hydrogen-bond donors (Lipinski definition) is 0. The lowest BCUT2D eigenvalue weighted by atomic mass is 9.90. The van der Waals surface area contributed by atoms with Crippen molar-refractivity contribution in [2.45, 2.75) is 98.0 Å². The number of unbranched alkanes of at least 4 members (excludes halogenated alkanes) is 1. The Balaban J connectivity index is 4.07. The van der Waals surface area contributed by atoms with Crippen LogP contribution in [0.5, 0.6) is 0 Å². The van der Waals surface area contributed by atoms with Crippen molar-refractivity contribution in [1.82, 2.24) is 0 Å². The van der Waals surface area contributed by atoms with Gasteiger partial charge in [0, 0.05) is 0 Å². The SMILES string of the molecule is CCCC[C@H](CC)CC[C@H](CCC(CC)CC)OC=O.